The highest BCUT2D eigenvalue weighted by molar-refractivity contribution is 9.26. The first-order valence-electron chi connectivity index (χ1n) is 7.40. The van der Waals surface area contributed by atoms with Crippen LogP contribution in [0.3, 0.4) is 0 Å². The molecule has 1 aromatic heterocycles. The normalized spacial score (nSPS) is 19.9. The number of halogens is 2. The number of hydrogen-bond donors (Lipinski definition) is 0. The quantitative estimate of drug-likeness (QED) is 0.173. The van der Waals surface area contributed by atoms with E-state index in [9.17, 15) is 9.59 Å². The van der Waals surface area contributed by atoms with Crippen molar-refractivity contribution in [3.05, 3.63) is 36.4 Å². The van der Waals surface area contributed by atoms with Gasteiger partial charge < -0.3 is 9.64 Å². The van der Waals surface area contributed by atoms with E-state index in [1.54, 1.807) is 18.3 Å². The van der Waals surface area contributed by atoms with Gasteiger partial charge in [0.05, 0.1) is 17.3 Å². The number of amides is 1. The second-order valence-corrected chi connectivity index (χ2v) is 12.7. The molecule has 5 nitrogen and oxygen atoms in total. The van der Waals surface area contributed by atoms with Crippen LogP contribution in [-0.4, -0.2) is 43.5 Å². The number of likely N-dealkylation sites (tertiary alicyclic amines) is 1. The Morgan fingerprint density at radius 1 is 1.46 bits per heavy atom. The molecule has 2 aromatic rings. The molecule has 10 heteroatoms. The molecule has 1 saturated heterocycles. The Morgan fingerprint density at radius 2 is 2.15 bits per heavy atom. The van der Waals surface area contributed by atoms with Gasteiger partial charge >= 0.3 is 5.97 Å². The summed E-state index contributed by atoms with van der Waals surface area (Å²) in [5.74, 6) is -0.741. The Morgan fingerprint density at radius 3 is 2.77 bits per heavy atom. The van der Waals surface area contributed by atoms with Crippen LogP contribution in [-0.2, 0) is 14.3 Å². The minimum atomic E-state index is -0.934. The number of methoxy groups -OCH3 is 1. The van der Waals surface area contributed by atoms with Gasteiger partial charge in [0.2, 0.25) is 0 Å². The summed E-state index contributed by atoms with van der Waals surface area (Å²) < 4.78 is 5.91. The maximum absolute atomic E-state index is 12.6. The maximum Gasteiger partial charge on any atom is 0.332 e. The third kappa shape index (κ3) is 3.58. The van der Waals surface area contributed by atoms with Crippen molar-refractivity contribution in [2.75, 3.05) is 7.11 Å². The first-order chi connectivity index (χ1) is 12.3. The lowest BCUT2D eigenvalue weighted by Crippen LogP contribution is -2.70. The molecule has 0 N–H and O–H groups in total. The topological polar surface area (TPSA) is 59.5 Å². The molecule has 0 bridgehead atoms. The van der Waals surface area contributed by atoms with Crippen LogP contribution < -0.4 is 0 Å². The van der Waals surface area contributed by atoms with Gasteiger partial charge in [0.15, 0.2) is 13.6 Å². The van der Waals surface area contributed by atoms with Gasteiger partial charge in [0, 0.05) is 0 Å². The summed E-state index contributed by atoms with van der Waals surface area (Å²) in [5.41, 5.74) is 1.50. The molecule has 3 rings (SSSR count). The van der Waals surface area contributed by atoms with E-state index >= 15 is 0 Å². The highest BCUT2D eigenvalue weighted by Crippen LogP contribution is 2.55. The SMILES string of the molecule is C=C(C)[C@H](C(=O)OC)N1C(=O)C(Br)(Br)[C@H]1SSc1nc2ccccc2s1. The summed E-state index contributed by atoms with van der Waals surface area (Å²) >= 11 is 8.44. The van der Waals surface area contributed by atoms with E-state index in [1.807, 2.05) is 24.3 Å². The number of ether oxygens (including phenoxy) is 1. The van der Waals surface area contributed by atoms with E-state index in [-0.39, 0.29) is 11.3 Å². The molecule has 1 aliphatic rings. The summed E-state index contributed by atoms with van der Waals surface area (Å²) in [6.07, 6.45) is 0. The second kappa shape index (κ2) is 7.83. The van der Waals surface area contributed by atoms with Crippen molar-refractivity contribution in [3.63, 3.8) is 0 Å². The smallest absolute Gasteiger partial charge is 0.332 e. The number of aromatic nitrogens is 1. The molecule has 138 valence electrons. The highest BCUT2D eigenvalue weighted by Gasteiger charge is 2.62. The number of carbonyl (C=O) groups excluding carboxylic acids is 2. The largest absolute Gasteiger partial charge is 0.467 e. The van der Waals surface area contributed by atoms with E-state index in [0.717, 1.165) is 14.6 Å². The van der Waals surface area contributed by atoms with E-state index < -0.39 is 15.2 Å². The van der Waals surface area contributed by atoms with Crippen molar-refractivity contribution in [2.24, 2.45) is 0 Å². The van der Waals surface area contributed by atoms with Crippen molar-refractivity contribution in [1.29, 1.82) is 0 Å². The fourth-order valence-corrected chi connectivity index (χ4v) is 8.59. The molecule has 2 atom stereocenters. The van der Waals surface area contributed by atoms with Crippen LogP contribution in [0.25, 0.3) is 10.2 Å². The van der Waals surface area contributed by atoms with E-state index in [0.29, 0.717) is 5.57 Å². The molecule has 0 aliphatic carbocycles. The molecule has 0 spiro atoms. The molecule has 1 aliphatic heterocycles. The second-order valence-electron chi connectivity index (χ2n) is 5.59. The van der Waals surface area contributed by atoms with E-state index in [2.05, 4.69) is 43.4 Å². The third-order valence-electron chi connectivity index (χ3n) is 3.74. The molecule has 1 amide bonds. The van der Waals surface area contributed by atoms with Gasteiger partial charge in [-0.1, -0.05) is 61.4 Å². The standard InChI is InChI=1S/C16H14Br2N2O3S3/c1-8(2)11(12(21)23-3)20-13(22)16(17,18)14(20)25-26-15-19-9-6-4-5-7-10(9)24-15/h4-7,11,14H,1H2,2-3H3/t11-,14-/m1/s1. The molecule has 1 aromatic carbocycles. The summed E-state index contributed by atoms with van der Waals surface area (Å²) in [7, 11) is 4.23. The van der Waals surface area contributed by atoms with Gasteiger partial charge in [-0.2, -0.15) is 0 Å². The zero-order chi connectivity index (χ0) is 19.1. The first kappa shape index (κ1) is 20.2. The third-order valence-corrected chi connectivity index (χ3v) is 9.94. The van der Waals surface area contributed by atoms with Crippen molar-refractivity contribution in [2.45, 2.75) is 25.9 Å². The molecular formula is C16H14Br2N2O3S3. The molecular weight excluding hydrogens is 524 g/mol. The van der Waals surface area contributed by atoms with Crippen LogP contribution in [0.4, 0.5) is 0 Å². The molecule has 1 fully saturated rings. The van der Waals surface area contributed by atoms with Gasteiger partial charge in [-0.05, 0) is 35.4 Å². The lowest BCUT2D eigenvalue weighted by atomic mass is 10.0. The van der Waals surface area contributed by atoms with Gasteiger partial charge in [0.1, 0.15) is 5.37 Å². The van der Waals surface area contributed by atoms with Gasteiger partial charge in [-0.3, -0.25) is 4.79 Å². The van der Waals surface area contributed by atoms with Gasteiger partial charge in [-0.25, -0.2) is 9.78 Å². The first-order valence-corrected chi connectivity index (χ1v) is 12.0. The van der Waals surface area contributed by atoms with Crippen LogP contribution in [0.15, 0.2) is 40.8 Å². The number of benzene rings is 1. The Balaban J connectivity index is 1.80. The Labute approximate surface area is 179 Å². The number of esters is 1. The number of β-lactam (4-membered cyclic amide) rings is 1. The fraction of sp³-hybridized carbons (Fsp3) is 0.312. The predicted molar refractivity (Wildman–Crippen MR) is 115 cm³/mol. The summed E-state index contributed by atoms with van der Waals surface area (Å²) in [6.45, 7) is 5.55. The van der Waals surface area contributed by atoms with Crippen LogP contribution in [0.5, 0.6) is 0 Å². The molecule has 0 radical (unpaired) electrons. The van der Waals surface area contributed by atoms with Crippen LogP contribution in [0.1, 0.15) is 6.92 Å². The zero-order valence-corrected chi connectivity index (χ0v) is 19.4. The number of para-hydroxylation sites is 1. The molecule has 2 heterocycles. The van der Waals surface area contributed by atoms with Crippen molar-refractivity contribution in [1.82, 2.24) is 9.88 Å². The van der Waals surface area contributed by atoms with Gasteiger partial charge in [-0.15, -0.1) is 11.3 Å². The van der Waals surface area contributed by atoms with Crippen molar-refractivity contribution < 1.29 is 14.3 Å². The van der Waals surface area contributed by atoms with Gasteiger partial charge in [0.25, 0.3) is 5.91 Å². The zero-order valence-electron chi connectivity index (χ0n) is 13.8. The average molecular weight is 538 g/mol. The van der Waals surface area contributed by atoms with Crippen LogP contribution >= 0.6 is 64.8 Å². The fourth-order valence-electron chi connectivity index (χ4n) is 2.49. The highest BCUT2D eigenvalue weighted by atomic mass is 79.9. The minimum absolute atomic E-state index is 0.238. The monoisotopic (exact) mass is 536 g/mol. The summed E-state index contributed by atoms with van der Waals surface area (Å²) in [5, 5.41) is -0.340. The van der Waals surface area contributed by atoms with E-state index in [1.165, 1.54) is 33.6 Å². The predicted octanol–water partition coefficient (Wildman–Crippen LogP) is 4.81. The van der Waals surface area contributed by atoms with Crippen molar-refractivity contribution >= 4 is 86.9 Å². The number of thiazole rings is 1. The van der Waals surface area contributed by atoms with Crippen LogP contribution in [0.2, 0.25) is 0 Å². The maximum atomic E-state index is 12.6. The number of carbonyl (C=O) groups is 2. The average Bonchev–Trinajstić information content (AvgIpc) is 3.02. The molecule has 0 unspecified atom stereocenters. The Bertz CT molecular complexity index is 854. The number of fused-ring (bicyclic) bond motifs is 1. The Kier molecular flexibility index (Phi) is 6.08. The number of hydrogen-bond acceptors (Lipinski definition) is 7. The van der Waals surface area contributed by atoms with Crippen molar-refractivity contribution in [3.8, 4) is 0 Å². The number of rotatable bonds is 6. The van der Waals surface area contributed by atoms with Crippen LogP contribution in [0, 0.1) is 0 Å². The molecule has 0 saturated carbocycles. The number of alkyl halides is 2. The minimum Gasteiger partial charge on any atom is -0.467 e. The lowest BCUT2D eigenvalue weighted by molar-refractivity contribution is -0.157. The summed E-state index contributed by atoms with van der Waals surface area (Å²) in [6, 6.07) is 7.10. The Hall–Kier alpha value is -0.550. The summed E-state index contributed by atoms with van der Waals surface area (Å²) in [4.78, 5) is 30.8. The van der Waals surface area contributed by atoms with E-state index in [4.69, 9.17) is 4.74 Å². The molecule has 26 heavy (non-hydrogen) atoms. The lowest BCUT2D eigenvalue weighted by Gasteiger charge is -2.51. The number of nitrogens with zero attached hydrogens (tertiary/aromatic N) is 2.